The largest absolute Gasteiger partial charge is 0.435 e. The summed E-state index contributed by atoms with van der Waals surface area (Å²) in [5.74, 6) is 0.970. The molecule has 1 saturated heterocycles. The van der Waals surface area contributed by atoms with Gasteiger partial charge in [0.15, 0.2) is 5.82 Å². The topological polar surface area (TPSA) is 47.5 Å². The van der Waals surface area contributed by atoms with Crippen LogP contribution >= 0.6 is 0 Å². The first kappa shape index (κ1) is 16.6. The molecular weight excluding hydrogens is 316 g/mol. The predicted octanol–water partition coefficient (Wildman–Crippen LogP) is 3.27. The highest BCUT2D eigenvalue weighted by Crippen LogP contribution is 2.28. The van der Waals surface area contributed by atoms with Crippen LogP contribution in [0.3, 0.4) is 0 Å². The van der Waals surface area contributed by atoms with Crippen molar-refractivity contribution in [2.45, 2.75) is 26.6 Å². The molecule has 1 fully saturated rings. The van der Waals surface area contributed by atoms with Crippen LogP contribution in [0.15, 0.2) is 30.5 Å². The minimum Gasteiger partial charge on any atom is -0.435 e. The highest BCUT2D eigenvalue weighted by atomic mass is 19.3. The Labute approximate surface area is 139 Å². The smallest absolute Gasteiger partial charge is 0.387 e. The first-order valence-electron chi connectivity index (χ1n) is 7.74. The van der Waals surface area contributed by atoms with Crippen molar-refractivity contribution in [2.75, 3.05) is 24.6 Å². The maximum absolute atomic E-state index is 12.4. The number of aromatic nitrogens is 2. The lowest BCUT2D eigenvalue weighted by Gasteiger charge is -2.34. The number of alkyl halides is 2. The third kappa shape index (κ3) is 3.79. The molecule has 24 heavy (non-hydrogen) atoms. The van der Waals surface area contributed by atoms with Crippen LogP contribution in [0, 0.1) is 13.8 Å². The summed E-state index contributed by atoms with van der Waals surface area (Å²) in [5.41, 5.74) is 2.51. The Hall–Kier alpha value is -2.28. The first-order chi connectivity index (χ1) is 11.5. The summed E-state index contributed by atoms with van der Waals surface area (Å²) >= 11 is 0. The highest BCUT2D eigenvalue weighted by molar-refractivity contribution is 5.44. The van der Waals surface area contributed by atoms with Crippen LogP contribution < -0.4 is 9.64 Å². The Kier molecular flexibility index (Phi) is 4.89. The Morgan fingerprint density at radius 3 is 2.96 bits per heavy atom. The lowest BCUT2D eigenvalue weighted by Crippen LogP contribution is -2.39. The van der Waals surface area contributed by atoms with E-state index in [2.05, 4.69) is 19.6 Å². The van der Waals surface area contributed by atoms with Gasteiger partial charge in [0.2, 0.25) is 0 Å². The van der Waals surface area contributed by atoms with Gasteiger partial charge < -0.3 is 14.4 Å². The van der Waals surface area contributed by atoms with Gasteiger partial charge in [-0.25, -0.2) is 4.98 Å². The zero-order valence-electron chi connectivity index (χ0n) is 13.6. The van der Waals surface area contributed by atoms with E-state index in [1.165, 1.54) is 6.07 Å². The van der Waals surface area contributed by atoms with E-state index in [1.807, 2.05) is 19.9 Å². The molecule has 1 aromatic carbocycles. The Bertz CT molecular complexity index is 712. The summed E-state index contributed by atoms with van der Waals surface area (Å²) in [6.45, 7) is 2.80. The second-order valence-electron chi connectivity index (χ2n) is 5.68. The maximum atomic E-state index is 12.4. The van der Waals surface area contributed by atoms with Gasteiger partial charge in [0, 0.05) is 19.3 Å². The molecule has 1 atom stereocenters. The minimum atomic E-state index is -2.84. The number of rotatable bonds is 4. The Balaban J connectivity index is 1.79. The van der Waals surface area contributed by atoms with Gasteiger partial charge >= 0.3 is 6.61 Å². The second-order valence-corrected chi connectivity index (χ2v) is 5.68. The number of halogens is 2. The van der Waals surface area contributed by atoms with Gasteiger partial charge in [0.1, 0.15) is 11.9 Å². The van der Waals surface area contributed by atoms with Gasteiger partial charge in [-0.15, -0.1) is 0 Å². The molecule has 1 aliphatic heterocycles. The number of nitrogens with zero attached hydrogens (tertiary/aromatic N) is 3. The van der Waals surface area contributed by atoms with Crippen LogP contribution in [-0.2, 0) is 4.74 Å². The molecule has 0 radical (unpaired) electrons. The number of ether oxygens (including phenoxy) is 2. The summed E-state index contributed by atoms with van der Waals surface area (Å²) in [6.07, 6.45) is 1.50. The van der Waals surface area contributed by atoms with Crippen molar-refractivity contribution in [3.8, 4) is 5.75 Å². The molecule has 0 spiro atoms. The van der Waals surface area contributed by atoms with Gasteiger partial charge in [-0.3, -0.25) is 4.98 Å². The van der Waals surface area contributed by atoms with Crippen LogP contribution in [0.5, 0.6) is 5.75 Å². The van der Waals surface area contributed by atoms with Gasteiger partial charge in [-0.2, -0.15) is 8.78 Å². The molecular formula is C17H19F2N3O2. The zero-order chi connectivity index (χ0) is 17.1. The van der Waals surface area contributed by atoms with Crippen LogP contribution in [0.1, 0.15) is 23.1 Å². The summed E-state index contributed by atoms with van der Waals surface area (Å²) in [6, 6.07) is 6.63. The molecule has 1 unspecified atom stereocenters. The number of hydrogen-bond acceptors (Lipinski definition) is 5. The number of benzene rings is 1. The maximum Gasteiger partial charge on any atom is 0.387 e. The van der Waals surface area contributed by atoms with Crippen molar-refractivity contribution < 1.29 is 18.3 Å². The van der Waals surface area contributed by atoms with E-state index in [1.54, 1.807) is 18.3 Å². The van der Waals surface area contributed by atoms with E-state index in [0.717, 1.165) is 22.8 Å². The van der Waals surface area contributed by atoms with Gasteiger partial charge in [-0.05, 0) is 31.5 Å². The lowest BCUT2D eigenvalue weighted by molar-refractivity contribution is -0.0501. The average molecular weight is 335 g/mol. The third-order valence-corrected chi connectivity index (χ3v) is 3.87. The molecule has 2 aromatic rings. The van der Waals surface area contributed by atoms with E-state index in [-0.39, 0.29) is 11.9 Å². The fraction of sp³-hybridized carbons (Fsp3) is 0.412. The van der Waals surface area contributed by atoms with Gasteiger partial charge in [0.05, 0.1) is 18.0 Å². The molecule has 3 rings (SSSR count). The van der Waals surface area contributed by atoms with E-state index in [4.69, 9.17) is 4.74 Å². The Morgan fingerprint density at radius 2 is 2.17 bits per heavy atom. The number of hydrogen-bond donors (Lipinski definition) is 0. The summed E-state index contributed by atoms with van der Waals surface area (Å²) in [4.78, 5) is 11.0. The Morgan fingerprint density at radius 1 is 1.33 bits per heavy atom. The molecule has 128 valence electrons. The number of morpholine rings is 1. The molecule has 1 aliphatic rings. The molecule has 7 heteroatoms. The normalized spacial score (nSPS) is 18.0. The van der Waals surface area contributed by atoms with Crippen molar-refractivity contribution in [1.29, 1.82) is 0 Å². The number of anilines is 1. The SMILES string of the molecule is Cc1cnc(C)c(N2CCOC(c3cccc(OC(F)F)c3)C2)n1. The van der Waals surface area contributed by atoms with Crippen molar-refractivity contribution in [2.24, 2.45) is 0 Å². The fourth-order valence-electron chi connectivity index (χ4n) is 2.76. The van der Waals surface area contributed by atoms with Crippen LogP contribution in [0.4, 0.5) is 14.6 Å². The minimum absolute atomic E-state index is 0.134. The molecule has 0 aliphatic carbocycles. The van der Waals surface area contributed by atoms with Crippen molar-refractivity contribution in [1.82, 2.24) is 9.97 Å². The molecule has 5 nitrogen and oxygen atoms in total. The second kappa shape index (κ2) is 7.09. The highest BCUT2D eigenvalue weighted by Gasteiger charge is 2.25. The first-order valence-corrected chi connectivity index (χ1v) is 7.74. The summed E-state index contributed by atoms with van der Waals surface area (Å²) in [5, 5.41) is 0. The van der Waals surface area contributed by atoms with Gasteiger partial charge in [0.25, 0.3) is 0 Å². The third-order valence-electron chi connectivity index (χ3n) is 3.87. The van der Waals surface area contributed by atoms with E-state index in [9.17, 15) is 8.78 Å². The quantitative estimate of drug-likeness (QED) is 0.858. The van der Waals surface area contributed by atoms with Crippen LogP contribution in [0.25, 0.3) is 0 Å². The monoisotopic (exact) mass is 335 g/mol. The predicted molar refractivity (Wildman–Crippen MR) is 85.5 cm³/mol. The van der Waals surface area contributed by atoms with Crippen LogP contribution in [-0.4, -0.2) is 36.3 Å². The standard InChI is InChI=1S/C17H19F2N3O2/c1-11-9-20-12(2)16(21-11)22-6-7-23-15(10-22)13-4-3-5-14(8-13)24-17(18)19/h3-5,8-9,15,17H,6-7,10H2,1-2H3. The average Bonchev–Trinajstić information content (AvgIpc) is 2.57. The van der Waals surface area contributed by atoms with E-state index in [0.29, 0.717) is 19.7 Å². The zero-order valence-corrected chi connectivity index (χ0v) is 13.6. The van der Waals surface area contributed by atoms with Crippen molar-refractivity contribution >= 4 is 5.82 Å². The number of aryl methyl sites for hydroxylation is 2. The summed E-state index contributed by atoms with van der Waals surface area (Å²) < 4.78 is 35.0. The van der Waals surface area contributed by atoms with Crippen LogP contribution in [0.2, 0.25) is 0 Å². The fourth-order valence-corrected chi connectivity index (χ4v) is 2.76. The van der Waals surface area contributed by atoms with Crippen molar-refractivity contribution in [3.63, 3.8) is 0 Å². The summed E-state index contributed by atoms with van der Waals surface area (Å²) in [7, 11) is 0. The van der Waals surface area contributed by atoms with E-state index >= 15 is 0 Å². The van der Waals surface area contributed by atoms with E-state index < -0.39 is 6.61 Å². The molecule has 0 saturated carbocycles. The van der Waals surface area contributed by atoms with Crippen molar-refractivity contribution in [3.05, 3.63) is 47.4 Å². The molecule has 0 N–H and O–H groups in total. The molecule has 1 aromatic heterocycles. The molecule has 0 bridgehead atoms. The van der Waals surface area contributed by atoms with Gasteiger partial charge in [-0.1, -0.05) is 12.1 Å². The molecule has 0 amide bonds. The lowest BCUT2D eigenvalue weighted by atomic mass is 10.1. The molecule has 2 heterocycles.